The Morgan fingerprint density at radius 2 is 1.58 bits per heavy atom. The van der Waals surface area contributed by atoms with Gasteiger partial charge >= 0.3 is 11.9 Å². The standard InChI is InChI=1S/C21H24O5/c1-5-15(4)25-18-11-9-16(10-12-18)20(22)26-19-8-6-7-17(13-19)21(23)24-14(2)3/h6-15H,5H2,1-4H3. The summed E-state index contributed by atoms with van der Waals surface area (Å²) in [5.41, 5.74) is 0.734. The van der Waals surface area contributed by atoms with Crippen LogP contribution in [0.25, 0.3) is 0 Å². The number of rotatable bonds is 7. The molecule has 2 aromatic rings. The van der Waals surface area contributed by atoms with Gasteiger partial charge in [-0.05, 0) is 69.7 Å². The molecule has 0 bridgehead atoms. The number of carbonyl (C=O) groups is 2. The third kappa shape index (κ3) is 5.62. The van der Waals surface area contributed by atoms with Crippen molar-refractivity contribution in [2.45, 2.75) is 46.3 Å². The summed E-state index contributed by atoms with van der Waals surface area (Å²) in [6.07, 6.45) is 0.797. The van der Waals surface area contributed by atoms with Crippen molar-refractivity contribution in [3.8, 4) is 11.5 Å². The minimum atomic E-state index is -0.505. The van der Waals surface area contributed by atoms with E-state index in [2.05, 4.69) is 0 Å². The molecule has 0 saturated heterocycles. The van der Waals surface area contributed by atoms with Crippen molar-refractivity contribution < 1.29 is 23.8 Å². The van der Waals surface area contributed by atoms with Crippen molar-refractivity contribution in [2.75, 3.05) is 0 Å². The Morgan fingerprint density at radius 3 is 2.19 bits per heavy atom. The molecule has 0 heterocycles. The molecule has 2 aromatic carbocycles. The quantitative estimate of drug-likeness (QED) is 0.534. The van der Waals surface area contributed by atoms with Crippen LogP contribution in [0.2, 0.25) is 0 Å². The summed E-state index contributed by atoms with van der Waals surface area (Å²) in [5.74, 6) is 0.0291. The minimum absolute atomic E-state index is 0.112. The van der Waals surface area contributed by atoms with E-state index in [0.717, 1.165) is 6.42 Å². The zero-order chi connectivity index (χ0) is 19.1. The molecular weight excluding hydrogens is 332 g/mol. The average molecular weight is 356 g/mol. The smallest absolute Gasteiger partial charge is 0.343 e. The summed E-state index contributed by atoms with van der Waals surface area (Å²) < 4.78 is 16.2. The molecular formula is C21H24O5. The highest BCUT2D eigenvalue weighted by molar-refractivity contribution is 5.92. The Hall–Kier alpha value is -2.82. The Kier molecular flexibility index (Phi) is 6.78. The van der Waals surface area contributed by atoms with Crippen LogP contribution < -0.4 is 9.47 Å². The monoisotopic (exact) mass is 356 g/mol. The molecule has 0 saturated carbocycles. The highest BCUT2D eigenvalue weighted by atomic mass is 16.5. The maximum Gasteiger partial charge on any atom is 0.343 e. The van der Waals surface area contributed by atoms with Crippen molar-refractivity contribution in [1.82, 2.24) is 0 Å². The maximum atomic E-state index is 12.3. The lowest BCUT2D eigenvalue weighted by Crippen LogP contribution is -2.13. The van der Waals surface area contributed by atoms with Gasteiger partial charge in [0.05, 0.1) is 23.3 Å². The van der Waals surface area contributed by atoms with E-state index in [0.29, 0.717) is 16.9 Å². The van der Waals surface area contributed by atoms with Gasteiger partial charge in [-0.25, -0.2) is 9.59 Å². The number of benzene rings is 2. The molecule has 138 valence electrons. The van der Waals surface area contributed by atoms with E-state index < -0.39 is 11.9 Å². The second-order valence-corrected chi connectivity index (χ2v) is 6.23. The molecule has 0 aliphatic carbocycles. The number of esters is 2. The van der Waals surface area contributed by atoms with E-state index in [1.54, 1.807) is 56.3 Å². The van der Waals surface area contributed by atoms with Crippen LogP contribution in [0.3, 0.4) is 0 Å². The first-order valence-corrected chi connectivity index (χ1v) is 8.69. The van der Waals surface area contributed by atoms with Crippen molar-refractivity contribution in [1.29, 1.82) is 0 Å². The minimum Gasteiger partial charge on any atom is -0.491 e. The van der Waals surface area contributed by atoms with Crippen molar-refractivity contribution in [3.05, 3.63) is 59.7 Å². The fraction of sp³-hybridized carbons (Fsp3) is 0.333. The van der Waals surface area contributed by atoms with E-state index in [1.165, 1.54) is 6.07 Å². The molecule has 0 spiro atoms. The molecule has 0 amide bonds. The molecule has 1 atom stereocenters. The third-order valence-corrected chi connectivity index (χ3v) is 3.63. The van der Waals surface area contributed by atoms with Gasteiger partial charge in [-0.15, -0.1) is 0 Å². The Labute approximate surface area is 153 Å². The number of hydrogen-bond donors (Lipinski definition) is 0. The van der Waals surface area contributed by atoms with Gasteiger partial charge in [0, 0.05) is 0 Å². The molecule has 2 rings (SSSR count). The highest BCUT2D eigenvalue weighted by Crippen LogP contribution is 2.19. The van der Waals surface area contributed by atoms with Crippen LogP contribution >= 0.6 is 0 Å². The molecule has 0 aliphatic heterocycles. The fourth-order valence-corrected chi connectivity index (χ4v) is 2.12. The molecule has 5 heteroatoms. The van der Waals surface area contributed by atoms with Crippen LogP contribution in [-0.2, 0) is 4.74 Å². The summed E-state index contributed by atoms with van der Waals surface area (Å²) in [7, 11) is 0. The van der Waals surface area contributed by atoms with Gasteiger partial charge < -0.3 is 14.2 Å². The van der Waals surface area contributed by atoms with Crippen LogP contribution in [0.4, 0.5) is 0 Å². The second-order valence-electron chi connectivity index (χ2n) is 6.23. The van der Waals surface area contributed by atoms with E-state index >= 15 is 0 Å². The second kappa shape index (κ2) is 9.04. The molecule has 0 radical (unpaired) electrons. The third-order valence-electron chi connectivity index (χ3n) is 3.63. The maximum absolute atomic E-state index is 12.3. The summed E-state index contributed by atoms with van der Waals surface area (Å²) in [5, 5.41) is 0. The number of carbonyl (C=O) groups excluding carboxylic acids is 2. The van der Waals surface area contributed by atoms with Crippen molar-refractivity contribution in [3.63, 3.8) is 0 Å². The molecule has 26 heavy (non-hydrogen) atoms. The lowest BCUT2D eigenvalue weighted by Gasteiger charge is -2.12. The van der Waals surface area contributed by atoms with E-state index in [-0.39, 0.29) is 18.0 Å². The van der Waals surface area contributed by atoms with E-state index in [4.69, 9.17) is 14.2 Å². The lowest BCUT2D eigenvalue weighted by molar-refractivity contribution is 0.0376. The van der Waals surface area contributed by atoms with Crippen LogP contribution in [-0.4, -0.2) is 24.1 Å². The molecule has 0 N–H and O–H groups in total. The first-order valence-electron chi connectivity index (χ1n) is 8.69. The highest BCUT2D eigenvalue weighted by Gasteiger charge is 2.13. The van der Waals surface area contributed by atoms with Gasteiger partial charge in [0.1, 0.15) is 11.5 Å². The summed E-state index contributed by atoms with van der Waals surface area (Å²) >= 11 is 0. The van der Waals surface area contributed by atoms with Gasteiger partial charge in [-0.1, -0.05) is 13.0 Å². The lowest BCUT2D eigenvalue weighted by atomic mass is 10.2. The zero-order valence-electron chi connectivity index (χ0n) is 15.5. The van der Waals surface area contributed by atoms with E-state index in [1.807, 2.05) is 13.8 Å². The fourth-order valence-electron chi connectivity index (χ4n) is 2.12. The Balaban J connectivity index is 2.04. The normalized spacial score (nSPS) is 11.7. The van der Waals surface area contributed by atoms with Crippen LogP contribution in [0.15, 0.2) is 48.5 Å². The van der Waals surface area contributed by atoms with Gasteiger partial charge in [-0.2, -0.15) is 0 Å². The SMILES string of the molecule is CCC(C)Oc1ccc(C(=O)Oc2cccc(C(=O)OC(C)C)c2)cc1. The molecule has 0 fully saturated rings. The predicted molar refractivity (Wildman–Crippen MR) is 98.8 cm³/mol. The van der Waals surface area contributed by atoms with Crippen LogP contribution in [0.5, 0.6) is 11.5 Å². The zero-order valence-corrected chi connectivity index (χ0v) is 15.5. The van der Waals surface area contributed by atoms with Gasteiger partial charge in [-0.3, -0.25) is 0 Å². The molecule has 1 unspecified atom stereocenters. The first-order chi connectivity index (χ1) is 12.4. The van der Waals surface area contributed by atoms with Gasteiger partial charge in [0.25, 0.3) is 0 Å². The average Bonchev–Trinajstić information content (AvgIpc) is 2.61. The van der Waals surface area contributed by atoms with Gasteiger partial charge in [0.2, 0.25) is 0 Å². The summed E-state index contributed by atoms with van der Waals surface area (Å²) in [6, 6.07) is 13.1. The summed E-state index contributed by atoms with van der Waals surface area (Å²) in [4.78, 5) is 24.2. The first kappa shape index (κ1) is 19.5. The number of hydrogen-bond acceptors (Lipinski definition) is 5. The van der Waals surface area contributed by atoms with E-state index in [9.17, 15) is 9.59 Å². The number of ether oxygens (including phenoxy) is 3. The predicted octanol–water partition coefficient (Wildman–Crippen LogP) is 4.65. The van der Waals surface area contributed by atoms with Gasteiger partial charge in [0.15, 0.2) is 0 Å². The van der Waals surface area contributed by atoms with Crippen molar-refractivity contribution >= 4 is 11.9 Å². The largest absolute Gasteiger partial charge is 0.491 e. The topological polar surface area (TPSA) is 61.8 Å². The Bertz CT molecular complexity index is 749. The van der Waals surface area contributed by atoms with Crippen LogP contribution in [0.1, 0.15) is 54.8 Å². The summed E-state index contributed by atoms with van der Waals surface area (Å²) in [6.45, 7) is 7.58. The Morgan fingerprint density at radius 1 is 0.885 bits per heavy atom. The van der Waals surface area contributed by atoms with Crippen molar-refractivity contribution in [2.24, 2.45) is 0 Å². The molecule has 0 aliphatic rings. The molecule has 5 nitrogen and oxygen atoms in total. The van der Waals surface area contributed by atoms with Crippen LogP contribution in [0, 0.1) is 0 Å². The molecule has 0 aromatic heterocycles.